The monoisotopic (exact) mass is 257 g/mol. The summed E-state index contributed by atoms with van der Waals surface area (Å²) >= 11 is 0. The molecule has 0 aromatic heterocycles. The molecule has 1 aromatic carbocycles. The summed E-state index contributed by atoms with van der Waals surface area (Å²) in [6.07, 6.45) is 6.76. The number of carbonyl (C=O) groups excluding carboxylic acids is 1. The molecule has 4 heteroatoms. The molecule has 1 heterocycles. The SMILES string of the molecule is O=C(NC1CC2C=CC1C2)c1ccc2c(c1)OCO2. The van der Waals surface area contributed by atoms with Crippen LogP contribution in [0.25, 0.3) is 0 Å². The molecule has 1 saturated carbocycles. The molecule has 2 aliphatic carbocycles. The van der Waals surface area contributed by atoms with Gasteiger partial charge in [-0.1, -0.05) is 12.2 Å². The Balaban J connectivity index is 1.50. The number of amides is 1. The first-order valence-electron chi connectivity index (χ1n) is 6.68. The summed E-state index contributed by atoms with van der Waals surface area (Å²) in [6, 6.07) is 5.61. The molecule has 1 aromatic rings. The van der Waals surface area contributed by atoms with E-state index in [-0.39, 0.29) is 18.7 Å². The Morgan fingerprint density at radius 3 is 2.84 bits per heavy atom. The molecular formula is C15H15NO3. The lowest BCUT2D eigenvalue weighted by molar-refractivity contribution is 0.0931. The molecule has 3 aliphatic rings. The Kier molecular flexibility index (Phi) is 2.31. The van der Waals surface area contributed by atoms with Gasteiger partial charge in [0.1, 0.15) is 0 Å². The van der Waals surface area contributed by atoms with Crippen molar-refractivity contribution in [1.82, 2.24) is 5.32 Å². The fourth-order valence-corrected chi connectivity index (χ4v) is 3.24. The number of nitrogens with one attached hydrogen (secondary N) is 1. The van der Waals surface area contributed by atoms with E-state index in [2.05, 4.69) is 17.5 Å². The van der Waals surface area contributed by atoms with E-state index in [1.807, 2.05) is 0 Å². The van der Waals surface area contributed by atoms with Crippen LogP contribution in [0.1, 0.15) is 23.2 Å². The summed E-state index contributed by atoms with van der Waals surface area (Å²) in [6.45, 7) is 0.234. The van der Waals surface area contributed by atoms with Crippen molar-refractivity contribution in [2.75, 3.05) is 6.79 Å². The van der Waals surface area contributed by atoms with E-state index < -0.39 is 0 Å². The lowest BCUT2D eigenvalue weighted by Gasteiger charge is -2.19. The zero-order chi connectivity index (χ0) is 12.8. The quantitative estimate of drug-likeness (QED) is 0.825. The lowest BCUT2D eigenvalue weighted by Crippen LogP contribution is -2.37. The van der Waals surface area contributed by atoms with E-state index in [0.29, 0.717) is 28.9 Å². The first-order chi connectivity index (χ1) is 9.29. The number of benzene rings is 1. The summed E-state index contributed by atoms with van der Waals surface area (Å²) in [5.41, 5.74) is 0.635. The summed E-state index contributed by atoms with van der Waals surface area (Å²) in [5.74, 6) is 2.51. The predicted octanol–water partition coefficient (Wildman–Crippen LogP) is 2.11. The molecule has 3 atom stereocenters. The third-order valence-electron chi connectivity index (χ3n) is 4.23. The minimum Gasteiger partial charge on any atom is -0.454 e. The van der Waals surface area contributed by atoms with Crippen LogP contribution >= 0.6 is 0 Å². The second kappa shape index (κ2) is 4.02. The number of allylic oxidation sites excluding steroid dienone is 1. The molecule has 3 unspecified atom stereocenters. The number of rotatable bonds is 2. The summed E-state index contributed by atoms with van der Waals surface area (Å²) in [4.78, 5) is 12.2. The summed E-state index contributed by atoms with van der Waals surface area (Å²) in [5, 5.41) is 3.13. The van der Waals surface area contributed by atoms with Crippen LogP contribution < -0.4 is 14.8 Å². The molecule has 2 bridgehead atoms. The molecule has 1 N–H and O–H groups in total. The Hall–Kier alpha value is -1.97. The summed E-state index contributed by atoms with van der Waals surface area (Å²) < 4.78 is 10.5. The van der Waals surface area contributed by atoms with Gasteiger partial charge in [-0.05, 0) is 42.9 Å². The normalized spacial score (nSPS) is 29.8. The third kappa shape index (κ3) is 1.79. The lowest BCUT2D eigenvalue weighted by atomic mass is 10.0. The highest BCUT2D eigenvalue weighted by molar-refractivity contribution is 5.95. The van der Waals surface area contributed by atoms with Crippen LogP contribution in [0, 0.1) is 11.8 Å². The van der Waals surface area contributed by atoms with Crippen molar-refractivity contribution < 1.29 is 14.3 Å². The van der Waals surface area contributed by atoms with E-state index in [4.69, 9.17) is 9.47 Å². The maximum Gasteiger partial charge on any atom is 0.251 e. The van der Waals surface area contributed by atoms with Gasteiger partial charge in [-0.2, -0.15) is 0 Å². The van der Waals surface area contributed by atoms with Crippen LogP contribution in [0.5, 0.6) is 11.5 Å². The number of fused-ring (bicyclic) bond motifs is 3. The molecule has 1 aliphatic heterocycles. The minimum absolute atomic E-state index is 0.0238. The van der Waals surface area contributed by atoms with Gasteiger partial charge in [-0.15, -0.1) is 0 Å². The smallest absolute Gasteiger partial charge is 0.251 e. The summed E-state index contributed by atoms with van der Waals surface area (Å²) in [7, 11) is 0. The van der Waals surface area contributed by atoms with Crippen molar-refractivity contribution >= 4 is 5.91 Å². The molecule has 4 nitrogen and oxygen atoms in total. The van der Waals surface area contributed by atoms with Gasteiger partial charge in [0.25, 0.3) is 5.91 Å². The van der Waals surface area contributed by atoms with Crippen molar-refractivity contribution in [2.45, 2.75) is 18.9 Å². The van der Waals surface area contributed by atoms with Gasteiger partial charge in [0.2, 0.25) is 6.79 Å². The first-order valence-corrected chi connectivity index (χ1v) is 6.68. The third-order valence-corrected chi connectivity index (χ3v) is 4.23. The predicted molar refractivity (Wildman–Crippen MR) is 69.2 cm³/mol. The Labute approximate surface area is 111 Å². The number of hydrogen-bond donors (Lipinski definition) is 1. The Morgan fingerprint density at radius 2 is 2.05 bits per heavy atom. The minimum atomic E-state index is -0.0238. The molecule has 0 spiro atoms. The Bertz CT molecular complexity index is 567. The van der Waals surface area contributed by atoms with Crippen molar-refractivity contribution in [3.8, 4) is 11.5 Å². The van der Waals surface area contributed by atoms with Crippen LogP contribution in [0.15, 0.2) is 30.4 Å². The maximum atomic E-state index is 12.2. The zero-order valence-electron chi connectivity index (χ0n) is 10.5. The number of carbonyl (C=O) groups is 1. The molecule has 1 amide bonds. The number of ether oxygens (including phenoxy) is 2. The highest BCUT2D eigenvalue weighted by atomic mass is 16.7. The second-order valence-corrected chi connectivity index (χ2v) is 5.43. The molecule has 4 rings (SSSR count). The topological polar surface area (TPSA) is 47.6 Å². The van der Waals surface area contributed by atoms with Gasteiger partial charge in [0, 0.05) is 11.6 Å². The first kappa shape index (κ1) is 10.9. The second-order valence-electron chi connectivity index (χ2n) is 5.43. The van der Waals surface area contributed by atoms with Gasteiger partial charge in [-0.3, -0.25) is 4.79 Å². The number of hydrogen-bond acceptors (Lipinski definition) is 3. The maximum absolute atomic E-state index is 12.2. The van der Waals surface area contributed by atoms with Gasteiger partial charge in [-0.25, -0.2) is 0 Å². The van der Waals surface area contributed by atoms with Crippen LogP contribution in [0.3, 0.4) is 0 Å². The van der Waals surface area contributed by atoms with Gasteiger partial charge < -0.3 is 14.8 Å². The van der Waals surface area contributed by atoms with Crippen LogP contribution in [0.4, 0.5) is 0 Å². The standard InChI is InChI=1S/C15H15NO3/c17-15(16-12-6-9-1-2-10(12)5-9)11-3-4-13-14(7-11)19-8-18-13/h1-4,7,9-10,12H,5-6,8H2,(H,16,17). The average molecular weight is 257 g/mol. The molecule has 19 heavy (non-hydrogen) atoms. The van der Waals surface area contributed by atoms with Gasteiger partial charge >= 0.3 is 0 Å². The highest BCUT2D eigenvalue weighted by Crippen LogP contribution is 2.39. The van der Waals surface area contributed by atoms with E-state index in [1.54, 1.807) is 18.2 Å². The zero-order valence-corrected chi connectivity index (χ0v) is 10.5. The fourth-order valence-electron chi connectivity index (χ4n) is 3.24. The van der Waals surface area contributed by atoms with Crippen molar-refractivity contribution in [3.05, 3.63) is 35.9 Å². The van der Waals surface area contributed by atoms with E-state index in [1.165, 1.54) is 6.42 Å². The molecule has 1 fully saturated rings. The van der Waals surface area contributed by atoms with Crippen LogP contribution in [-0.2, 0) is 0 Å². The highest BCUT2D eigenvalue weighted by Gasteiger charge is 2.36. The van der Waals surface area contributed by atoms with E-state index in [0.717, 1.165) is 6.42 Å². The molecular weight excluding hydrogens is 242 g/mol. The van der Waals surface area contributed by atoms with Gasteiger partial charge in [0.15, 0.2) is 11.5 Å². The van der Waals surface area contributed by atoms with Gasteiger partial charge in [0.05, 0.1) is 0 Å². The average Bonchev–Trinajstić information content (AvgIpc) is 3.13. The van der Waals surface area contributed by atoms with Crippen LogP contribution in [0.2, 0.25) is 0 Å². The van der Waals surface area contributed by atoms with Crippen molar-refractivity contribution in [2.24, 2.45) is 11.8 Å². The fraction of sp³-hybridized carbons (Fsp3) is 0.400. The van der Waals surface area contributed by atoms with Crippen molar-refractivity contribution in [3.63, 3.8) is 0 Å². The molecule has 0 radical (unpaired) electrons. The molecule has 0 saturated heterocycles. The Morgan fingerprint density at radius 1 is 1.16 bits per heavy atom. The largest absolute Gasteiger partial charge is 0.454 e. The van der Waals surface area contributed by atoms with E-state index >= 15 is 0 Å². The van der Waals surface area contributed by atoms with Crippen molar-refractivity contribution in [1.29, 1.82) is 0 Å². The molecule has 98 valence electrons. The van der Waals surface area contributed by atoms with E-state index in [9.17, 15) is 4.79 Å². The van der Waals surface area contributed by atoms with Crippen LogP contribution in [-0.4, -0.2) is 18.7 Å².